The van der Waals surface area contributed by atoms with Gasteiger partial charge in [0.2, 0.25) is 0 Å². The van der Waals surface area contributed by atoms with E-state index < -0.39 is 5.97 Å². The van der Waals surface area contributed by atoms with E-state index in [2.05, 4.69) is 21.2 Å². The summed E-state index contributed by atoms with van der Waals surface area (Å²) in [5.74, 6) is -0.958. The molecule has 3 nitrogen and oxygen atoms in total. The summed E-state index contributed by atoms with van der Waals surface area (Å²) < 4.78 is 0.738. The highest BCUT2D eigenvalue weighted by atomic mass is 79.9. The van der Waals surface area contributed by atoms with Gasteiger partial charge in [0.05, 0.1) is 5.56 Å². The molecule has 2 aromatic rings. The van der Waals surface area contributed by atoms with E-state index in [0.29, 0.717) is 17.3 Å². The van der Waals surface area contributed by atoms with Crippen LogP contribution >= 0.6 is 27.5 Å². The largest absolute Gasteiger partial charge is 0.478 e. The Labute approximate surface area is 124 Å². The first-order valence-electron chi connectivity index (χ1n) is 5.57. The van der Waals surface area contributed by atoms with Crippen LogP contribution in [0.15, 0.2) is 46.9 Å². The van der Waals surface area contributed by atoms with Gasteiger partial charge in [0.1, 0.15) is 0 Å². The Hall–Kier alpha value is -1.52. The third kappa shape index (κ3) is 3.72. The average Bonchev–Trinajstić information content (AvgIpc) is 2.39. The SMILES string of the molecule is O=C(O)c1cc(Br)ccc1NCc1ccc(Cl)cc1. The summed E-state index contributed by atoms with van der Waals surface area (Å²) in [6.07, 6.45) is 0. The van der Waals surface area contributed by atoms with Crippen LogP contribution in [0.3, 0.4) is 0 Å². The fourth-order valence-corrected chi connectivity index (χ4v) is 2.13. The van der Waals surface area contributed by atoms with Crippen molar-refractivity contribution < 1.29 is 9.90 Å². The maximum Gasteiger partial charge on any atom is 0.337 e. The number of anilines is 1. The minimum atomic E-state index is -0.958. The van der Waals surface area contributed by atoms with Gasteiger partial charge in [0.25, 0.3) is 0 Å². The topological polar surface area (TPSA) is 49.3 Å². The Balaban J connectivity index is 2.15. The number of rotatable bonds is 4. The van der Waals surface area contributed by atoms with Crippen LogP contribution in [-0.2, 0) is 6.54 Å². The second-order valence-corrected chi connectivity index (χ2v) is 5.33. The van der Waals surface area contributed by atoms with E-state index in [1.807, 2.05) is 12.1 Å². The Bertz CT molecular complexity index is 599. The number of hydrogen-bond acceptors (Lipinski definition) is 2. The summed E-state index contributed by atoms with van der Waals surface area (Å²) in [4.78, 5) is 11.2. The van der Waals surface area contributed by atoms with Crippen molar-refractivity contribution in [3.63, 3.8) is 0 Å². The second kappa shape index (κ2) is 6.08. The number of carbonyl (C=O) groups is 1. The van der Waals surface area contributed by atoms with Gasteiger partial charge in [0, 0.05) is 21.7 Å². The second-order valence-electron chi connectivity index (χ2n) is 3.98. The zero-order valence-corrected chi connectivity index (χ0v) is 12.2. The summed E-state index contributed by atoms with van der Waals surface area (Å²) in [5.41, 5.74) is 1.86. The maximum absolute atomic E-state index is 11.2. The number of halogens is 2. The van der Waals surface area contributed by atoms with Crippen molar-refractivity contribution in [3.05, 3.63) is 63.1 Å². The minimum absolute atomic E-state index is 0.239. The van der Waals surface area contributed by atoms with Gasteiger partial charge in [-0.3, -0.25) is 0 Å². The van der Waals surface area contributed by atoms with E-state index in [1.165, 1.54) is 0 Å². The van der Waals surface area contributed by atoms with Crippen LogP contribution in [0.4, 0.5) is 5.69 Å². The van der Waals surface area contributed by atoms with E-state index in [1.54, 1.807) is 30.3 Å². The summed E-state index contributed by atoms with van der Waals surface area (Å²) in [6.45, 7) is 0.541. The summed E-state index contributed by atoms with van der Waals surface area (Å²) in [5, 5.41) is 12.9. The maximum atomic E-state index is 11.2. The normalized spacial score (nSPS) is 10.2. The molecule has 0 unspecified atom stereocenters. The summed E-state index contributed by atoms with van der Waals surface area (Å²) >= 11 is 9.07. The number of carboxylic acid groups (broad SMARTS) is 1. The lowest BCUT2D eigenvalue weighted by Crippen LogP contribution is -2.06. The standard InChI is InChI=1S/C14H11BrClNO2/c15-10-3-6-13(12(7-10)14(18)19)17-8-9-1-4-11(16)5-2-9/h1-7,17H,8H2,(H,18,19). The number of hydrogen-bond donors (Lipinski definition) is 2. The van der Waals surface area contributed by atoms with Gasteiger partial charge in [-0.25, -0.2) is 4.79 Å². The van der Waals surface area contributed by atoms with Gasteiger partial charge >= 0.3 is 5.97 Å². The zero-order valence-electron chi connectivity index (χ0n) is 9.86. The molecule has 0 radical (unpaired) electrons. The molecular weight excluding hydrogens is 330 g/mol. The Kier molecular flexibility index (Phi) is 4.45. The average molecular weight is 341 g/mol. The molecular formula is C14H11BrClNO2. The molecule has 2 N–H and O–H groups in total. The van der Waals surface area contributed by atoms with Gasteiger partial charge < -0.3 is 10.4 Å². The van der Waals surface area contributed by atoms with Gasteiger partial charge in [-0.1, -0.05) is 39.7 Å². The lowest BCUT2D eigenvalue weighted by atomic mass is 10.1. The predicted octanol–water partition coefficient (Wildman–Crippen LogP) is 4.41. The van der Waals surface area contributed by atoms with Crippen LogP contribution in [0, 0.1) is 0 Å². The molecule has 0 aliphatic rings. The Morgan fingerprint density at radius 1 is 1.21 bits per heavy atom. The van der Waals surface area contributed by atoms with E-state index in [9.17, 15) is 4.79 Å². The molecule has 2 aromatic carbocycles. The Morgan fingerprint density at radius 3 is 2.53 bits per heavy atom. The molecule has 0 fully saturated rings. The van der Waals surface area contributed by atoms with E-state index in [4.69, 9.17) is 16.7 Å². The van der Waals surface area contributed by atoms with E-state index >= 15 is 0 Å². The van der Waals surface area contributed by atoms with Crippen molar-refractivity contribution in [2.75, 3.05) is 5.32 Å². The minimum Gasteiger partial charge on any atom is -0.478 e. The number of benzene rings is 2. The predicted molar refractivity (Wildman–Crippen MR) is 79.9 cm³/mol. The van der Waals surface area contributed by atoms with Crippen LogP contribution in [0.1, 0.15) is 15.9 Å². The van der Waals surface area contributed by atoms with Crippen LogP contribution in [-0.4, -0.2) is 11.1 Å². The van der Waals surface area contributed by atoms with Crippen LogP contribution in [0.25, 0.3) is 0 Å². The van der Waals surface area contributed by atoms with Crippen molar-refractivity contribution in [1.82, 2.24) is 0 Å². The number of carboxylic acids is 1. The lowest BCUT2D eigenvalue weighted by molar-refractivity contribution is 0.0698. The molecule has 0 aromatic heterocycles. The molecule has 0 spiro atoms. The third-order valence-electron chi connectivity index (χ3n) is 2.61. The van der Waals surface area contributed by atoms with Crippen LogP contribution in [0.5, 0.6) is 0 Å². The van der Waals surface area contributed by atoms with Crippen molar-refractivity contribution in [2.24, 2.45) is 0 Å². The fourth-order valence-electron chi connectivity index (χ4n) is 1.65. The first kappa shape index (κ1) is 13.9. The molecule has 0 heterocycles. The molecule has 98 valence electrons. The lowest BCUT2D eigenvalue weighted by Gasteiger charge is -2.10. The molecule has 19 heavy (non-hydrogen) atoms. The molecule has 0 saturated carbocycles. The molecule has 5 heteroatoms. The molecule has 0 amide bonds. The first-order valence-corrected chi connectivity index (χ1v) is 6.74. The smallest absolute Gasteiger partial charge is 0.337 e. The Morgan fingerprint density at radius 2 is 1.89 bits per heavy atom. The first-order chi connectivity index (χ1) is 9.06. The van der Waals surface area contributed by atoms with Gasteiger partial charge in [0.15, 0.2) is 0 Å². The monoisotopic (exact) mass is 339 g/mol. The molecule has 0 bridgehead atoms. The van der Waals surface area contributed by atoms with Gasteiger partial charge in [-0.2, -0.15) is 0 Å². The fraction of sp³-hybridized carbons (Fsp3) is 0.0714. The van der Waals surface area contributed by atoms with E-state index in [0.717, 1.165) is 10.0 Å². The summed E-state index contributed by atoms with van der Waals surface area (Å²) in [7, 11) is 0. The highest BCUT2D eigenvalue weighted by Crippen LogP contribution is 2.22. The number of nitrogens with one attached hydrogen (secondary N) is 1. The molecule has 0 saturated heterocycles. The molecule has 0 aliphatic heterocycles. The number of aromatic carboxylic acids is 1. The van der Waals surface area contributed by atoms with Crippen molar-refractivity contribution >= 4 is 39.2 Å². The quantitative estimate of drug-likeness (QED) is 0.866. The molecule has 2 rings (SSSR count). The van der Waals surface area contributed by atoms with Crippen LogP contribution in [0.2, 0.25) is 5.02 Å². The van der Waals surface area contributed by atoms with Gasteiger partial charge in [-0.15, -0.1) is 0 Å². The highest BCUT2D eigenvalue weighted by Gasteiger charge is 2.10. The molecule has 0 aliphatic carbocycles. The van der Waals surface area contributed by atoms with Crippen LogP contribution < -0.4 is 5.32 Å². The van der Waals surface area contributed by atoms with E-state index in [-0.39, 0.29) is 5.56 Å². The third-order valence-corrected chi connectivity index (χ3v) is 3.35. The zero-order chi connectivity index (χ0) is 13.8. The molecule has 0 atom stereocenters. The van der Waals surface area contributed by atoms with Gasteiger partial charge in [-0.05, 0) is 35.9 Å². The van der Waals surface area contributed by atoms with Crippen molar-refractivity contribution in [2.45, 2.75) is 6.54 Å². The highest BCUT2D eigenvalue weighted by molar-refractivity contribution is 9.10. The van der Waals surface area contributed by atoms with Crippen molar-refractivity contribution in [1.29, 1.82) is 0 Å². The summed E-state index contributed by atoms with van der Waals surface area (Å²) in [6, 6.07) is 12.5. The van der Waals surface area contributed by atoms with Crippen molar-refractivity contribution in [3.8, 4) is 0 Å².